The molecule has 1 amide bonds. The fourth-order valence-electron chi connectivity index (χ4n) is 1.41. The van der Waals surface area contributed by atoms with Gasteiger partial charge in [0, 0.05) is 11.9 Å². The first kappa shape index (κ1) is 13.0. The molecule has 0 fully saturated rings. The highest BCUT2D eigenvalue weighted by atomic mass is 79.9. The quantitative estimate of drug-likeness (QED) is 0.908. The van der Waals surface area contributed by atoms with Crippen LogP contribution in [0.25, 0.3) is 0 Å². The van der Waals surface area contributed by atoms with Crippen LogP contribution in [0.5, 0.6) is 0 Å². The van der Waals surface area contributed by atoms with Crippen molar-refractivity contribution in [2.45, 2.75) is 6.54 Å². The van der Waals surface area contributed by atoms with E-state index in [9.17, 15) is 4.79 Å². The molecule has 2 aromatic heterocycles. The Morgan fingerprint density at radius 3 is 2.89 bits per heavy atom. The van der Waals surface area contributed by atoms with Crippen LogP contribution >= 0.6 is 27.3 Å². The Balaban J connectivity index is 1.99. The molecule has 0 unspecified atom stereocenters. The second kappa shape index (κ2) is 5.97. The number of nitrogens with one attached hydrogen (secondary N) is 2. The van der Waals surface area contributed by atoms with Gasteiger partial charge < -0.3 is 10.6 Å². The van der Waals surface area contributed by atoms with Gasteiger partial charge in [-0.25, -0.2) is 4.98 Å². The highest BCUT2D eigenvalue weighted by Crippen LogP contribution is 2.21. The van der Waals surface area contributed by atoms with E-state index in [2.05, 4.69) is 31.5 Å². The minimum absolute atomic E-state index is 0.170. The molecule has 0 radical (unpaired) electrons. The maximum atomic E-state index is 11.9. The van der Waals surface area contributed by atoms with Crippen molar-refractivity contribution in [3.63, 3.8) is 0 Å². The van der Waals surface area contributed by atoms with Crippen molar-refractivity contribution in [2.24, 2.45) is 0 Å². The van der Waals surface area contributed by atoms with Crippen molar-refractivity contribution >= 4 is 39.0 Å². The van der Waals surface area contributed by atoms with Crippen LogP contribution in [-0.4, -0.2) is 17.9 Å². The Kier molecular flexibility index (Phi) is 4.33. The van der Waals surface area contributed by atoms with Gasteiger partial charge in [-0.1, -0.05) is 6.07 Å². The second-order valence-corrected chi connectivity index (χ2v) is 6.09. The van der Waals surface area contributed by atoms with Gasteiger partial charge in [-0.05, 0) is 40.2 Å². The Hall–Kier alpha value is -1.40. The molecule has 18 heavy (non-hydrogen) atoms. The lowest BCUT2D eigenvalue weighted by Gasteiger charge is -2.04. The van der Waals surface area contributed by atoms with E-state index in [4.69, 9.17) is 0 Å². The molecule has 0 aliphatic rings. The van der Waals surface area contributed by atoms with Crippen LogP contribution in [0, 0.1) is 0 Å². The molecule has 94 valence electrons. The molecule has 6 heteroatoms. The minimum atomic E-state index is -0.170. The molecule has 2 N–H and O–H groups in total. The summed E-state index contributed by atoms with van der Waals surface area (Å²) in [4.78, 5) is 17.2. The van der Waals surface area contributed by atoms with Crippen LogP contribution in [0.1, 0.15) is 15.4 Å². The largest absolute Gasteiger partial charge is 0.373 e. The number of hydrogen-bond acceptors (Lipinski definition) is 4. The third-order valence-corrected chi connectivity index (χ3v) is 3.91. The molecule has 0 aromatic carbocycles. The number of nitrogens with zero attached hydrogens (tertiary/aromatic N) is 1. The zero-order valence-electron chi connectivity index (χ0n) is 9.74. The van der Waals surface area contributed by atoms with Gasteiger partial charge in [-0.2, -0.15) is 0 Å². The number of carbonyl (C=O) groups is 1. The summed E-state index contributed by atoms with van der Waals surface area (Å²) in [6.07, 6.45) is 0. The van der Waals surface area contributed by atoms with Crippen LogP contribution in [-0.2, 0) is 6.54 Å². The van der Waals surface area contributed by atoms with Gasteiger partial charge in [0.05, 0.1) is 10.3 Å². The summed E-state index contributed by atoms with van der Waals surface area (Å²) in [6, 6.07) is 9.25. The molecule has 2 heterocycles. The lowest BCUT2D eigenvalue weighted by atomic mass is 10.3. The van der Waals surface area contributed by atoms with Crippen molar-refractivity contribution in [1.82, 2.24) is 10.3 Å². The Morgan fingerprint density at radius 2 is 2.22 bits per heavy atom. The number of amides is 1. The Morgan fingerprint density at radius 1 is 1.39 bits per heavy atom. The molecule has 4 nitrogen and oxygen atoms in total. The average molecular weight is 326 g/mol. The van der Waals surface area contributed by atoms with E-state index in [1.165, 1.54) is 0 Å². The summed E-state index contributed by atoms with van der Waals surface area (Å²) in [5.41, 5.74) is 0.414. The van der Waals surface area contributed by atoms with Crippen LogP contribution in [0.3, 0.4) is 0 Å². The van der Waals surface area contributed by atoms with E-state index >= 15 is 0 Å². The summed E-state index contributed by atoms with van der Waals surface area (Å²) >= 11 is 4.99. The zero-order valence-corrected chi connectivity index (χ0v) is 12.1. The minimum Gasteiger partial charge on any atom is -0.373 e. The molecule has 0 aliphatic carbocycles. The number of carbonyl (C=O) groups excluding carboxylic acids is 1. The van der Waals surface area contributed by atoms with Crippen LogP contribution in [0.15, 0.2) is 34.1 Å². The summed E-state index contributed by atoms with van der Waals surface area (Å²) in [5.74, 6) is 0.512. The first-order valence-corrected chi connectivity index (χ1v) is 6.97. The summed E-state index contributed by atoms with van der Waals surface area (Å²) in [6.45, 7) is 0.514. The third-order valence-electron chi connectivity index (χ3n) is 2.29. The SMILES string of the molecule is CNc1cccc(C(=O)NCc2ccc(Br)s2)n1. The molecule has 0 bridgehead atoms. The van der Waals surface area contributed by atoms with E-state index in [0.717, 1.165) is 8.66 Å². The fraction of sp³-hybridized carbons (Fsp3) is 0.167. The molecular formula is C12H12BrN3OS. The van der Waals surface area contributed by atoms with Gasteiger partial charge in [0.2, 0.25) is 0 Å². The number of pyridine rings is 1. The monoisotopic (exact) mass is 325 g/mol. The first-order chi connectivity index (χ1) is 8.69. The van der Waals surface area contributed by atoms with Crippen molar-refractivity contribution in [2.75, 3.05) is 12.4 Å². The number of halogens is 1. The van der Waals surface area contributed by atoms with E-state index in [0.29, 0.717) is 18.1 Å². The number of aromatic nitrogens is 1. The predicted octanol–water partition coefficient (Wildman–Crippen LogP) is 2.88. The number of thiophene rings is 1. The molecule has 2 aromatic rings. The molecule has 0 aliphatic heterocycles. The number of rotatable bonds is 4. The third kappa shape index (κ3) is 3.30. The predicted molar refractivity (Wildman–Crippen MR) is 77.0 cm³/mol. The van der Waals surface area contributed by atoms with Crippen LogP contribution in [0.4, 0.5) is 5.82 Å². The van der Waals surface area contributed by atoms with Crippen molar-refractivity contribution in [3.8, 4) is 0 Å². The lowest BCUT2D eigenvalue weighted by Crippen LogP contribution is -2.23. The summed E-state index contributed by atoms with van der Waals surface area (Å²) < 4.78 is 1.06. The van der Waals surface area contributed by atoms with Gasteiger partial charge >= 0.3 is 0 Å². The van der Waals surface area contributed by atoms with Crippen LogP contribution < -0.4 is 10.6 Å². The van der Waals surface area contributed by atoms with Gasteiger partial charge in [0.1, 0.15) is 11.5 Å². The van der Waals surface area contributed by atoms with E-state index < -0.39 is 0 Å². The maximum Gasteiger partial charge on any atom is 0.270 e. The summed E-state index contributed by atoms with van der Waals surface area (Å²) in [7, 11) is 1.77. The van der Waals surface area contributed by atoms with E-state index in [-0.39, 0.29) is 5.91 Å². The molecular weight excluding hydrogens is 314 g/mol. The van der Waals surface area contributed by atoms with Gasteiger partial charge in [-0.3, -0.25) is 4.79 Å². The smallest absolute Gasteiger partial charge is 0.270 e. The standard InChI is InChI=1S/C12H12BrN3OS/c1-14-11-4-2-3-9(16-11)12(17)15-7-8-5-6-10(13)18-8/h2-6H,7H2,1H3,(H,14,16)(H,15,17). The van der Waals surface area contributed by atoms with Crippen molar-refractivity contribution in [3.05, 3.63) is 44.7 Å². The highest BCUT2D eigenvalue weighted by molar-refractivity contribution is 9.11. The van der Waals surface area contributed by atoms with Gasteiger partial charge in [0.25, 0.3) is 5.91 Å². The fourth-order valence-corrected chi connectivity index (χ4v) is 2.83. The lowest BCUT2D eigenvalue weighted by molar-refractivity contribution is 0.0946. The highest BCUT2D eigenvalue weighted by Gasteiger charge is 2.07. The van der Waals surface area contributed by atoms with Crippen molar-refractivity contribution < 1.29 is 4.79 Å². The summed E-state index contributed by atoms with van der Waals surface area (Å²) in [5, 5.41) is 5.74. The second-order valence-electron chi connectivity index (χ2n) is 3.55. The van der Waals surface area contributed by atoms with Crippen LogP contribution in [0.2, 0.25) is 0 Å². The molecule has 0 saturated carbocycles. The number of hydrogen-bond donors (Lipinski definition) is 2. The Labute approximate surface area is 118 Å². The molecule has 0 spiro atoms. The number of anilines is 1. The zero-order chi connectivity index (χ0) is 13.0. The average Bonchev–Trinajstić information content (AvgIpc) is 2.82. The van der Waals surface area contributed by atoms with E-state index in [1.54, 1.807) is 30.5 Å². The van der Waals surface area contributed by atoms with E-state index in [1.807, 2.05) is 18.2 Å². The van der Waals surface area contributed by atoms with Crippen molar-refractivity contribution in [1.29, 1.82) is 0 Å². The molecule has 0 atom stereocenters. The molecule has 0 saturated heterocycles. The molecule has 2 rings (SSSR count). The Bertz CT molecular complexity index is 556. The first-order valence-electron chi connectivity index (χ1n) is 5.36. The normalized spacial score (nSPS) is 10.1. The maximum absolute atomic E-state index is 11.9. The van der Waals surface area contributed by atoms with Gasteiger partial charge in [0.15, 0.2) is 0 Å². The van der Waals surface area contributed by atoms with Gasteiger partial charge in [-0.15, -0.1) is 11.3 Å². The topological polar surface area (TPSA) is 54.0 Å².